The molecule has 0 unspecified atom stereocenters. The number of rotatable bonds is 7. The summed E-state index contributed by atoms with van der Waals surface area (Å²) in [4.78, 5) is 16.3. The first kappa shape index (κ1) is 15.4. The quantitative estimate of drug-likeness (QED) is 0.821. The average molecular weight is 285 g/mol. The molecule has 1 heterocycles. The van der Waals surface area contributed by atoms with Crippen molar-refractivity contribution in [3.8, 4) is 0 Å². The lowest BCUT2D eigenvalue weighted by atomic mass is 10.1. The molecule has 4 heteroatoms. The molecule has 1 atom stereocenters. The number of nitrogens with one attached hydrogen (secondary N) is 1. The highest BCUT2D eigenvalue weighted by atomic mass is 16.2. The Labute approximate surface area is 125 Å². The van der Waals surface area contributed by atoms with E-state index in [4.69, 9.17) is 5.73 Å². The van der Waals surface area contributed by atoms with E-state index in [2.05, 4.69) is 23.3 Å². The SMILES string of the molecule is CCCC[C@H](N)C(=O)NCCc1cccc2cccnc12. The summed E-state index contributed by atoms with van der Waals surface area (Å²) in [7, 11) is 0. The molecule has 0 saturated carbocycles. The molecule has 0 fully saturated rings. The lowest BCUT2D eigenvalue weighted by Gasteiger charge is -2.12. The summed E-state index contributed by atoms with van der Waals surface area (Å²) in [5.41, 5.74) is 8.00. The number of fused-ring (bicyclic) bond motifs is 1. The number of aromatic nitrogens is 1. The monoisotopic (exact) mass is 285 g/mol. The number of carbonyl (C=O) groups is 1. The zero-order valence-corrected chi connectivity index (χ0v) is 12.5. The molecule has 2 aromatic rings. The van der Waals surface area contributed by atoms with Gasteiger partial charge < -0.3 is 11.1 Å². The predicted molar refractivity (Wildman–Crippen MR) is 86.0 cm³/mol. The van der Waals surface area contributed by atoms with Crippen molar-refractivity contribution in [3.63, 3.8) is 0 Å². The van der Waals surface area contributed by atoms with E-state index in [0.717, 1.165) is 42.1 Å². The molecule has 21 heavy (non-hydrogen) atoms. The molecule has 112 valence electrons. The van der Waals surface area contributed by atoms with E-state index in [-0.39, 0.29) is 5.91 Å². The van der Waals surface area contributed by atoms with Gasteiger partial charge in [0.05, 0.1) is 11.6 Å². The fraction of sp³-hybridized carbons (Fsp3) is 0.412. The Morgan fingerprint density at radius 3 is 2.95 bits per heavy atom. The molecule has 0 spiro atoms. The number of hydrogen-bond donors (Lipinski definition) is 2. The summed E-state index contributed by atoms with van der Waals surface area (Å²) in [5.74, 6) is -0.0587. The van der Waals surface area contributed by atoms with Gasteiger partial charge >= 0.3 is 0 Å². The maximum Gasteiger partial charge on any atom is 0.236 e. The van der Waals surface area contributed by atoms with Gasteiger partial charge in [0, 0.05) is 18.1 Å². The van der Waals surface area contributed by atoms with E-state index < -0.39 is 6.04 Å². The topological polar surface area (TPSA) is 68.0 Å². The maximum atomic E-state index is 11.9. The molecule has 0 aliphatic heterocycles. The summed E-state index contributed by atoms with van der Waals surface area (Å²) >= 11 is 0. The van der Waals surface area contributed by atoms with Gasteiger partial charge in [0.1, 0.15) is 0 Å². The number of para-hydroxylation sites is 1. The number of hydrogen-bond acceptors (Lipinski definition) is 3. The molecule has 0 aliphatic carbocycles. The van der Waals surface area contributed by atoms with Crippen LogP contribution < -0.4 is 11.1 Å². The molecule has 0 saturated heterocycles. The van der Waals surface area contributed by atoms with Crippen molar-refractivity contribution in [1.82, 2.24) is 10.3 Å². The van der Waals surface area contributed by atoms with Crippen LogP contribution in [0.2, 0.25) is 0 Å². The highest BCUT2D eigenvalue weighted by Crippen LogP contribution is 2.15. The Morgan fingerprint density at radius 1 is 1.33 bits per heavy atom. The molecule has 3 N–H and O–H groups in total. The number of amides is 1. The minimum atomic E-state index is -0.393. The first-order valence-corrected chi connectivity index (χ1v) is 7.58. The lowest BCUT2D eigenvalue weighted by molar-refractivity contribution is -0.122. The molecule has 2 rings (SSSR count). The molecule has 0 aliphatic rings. The van der Waals surface area contributed by atoms with Crippen molar-refractivity contribution >= 4 is 16.8 Å². The highest BCUT2D eigenvalue weighted by molar-refractivity contribution is 5.82. The Kier molecular flexibility index (Phi) is 5.69. The van der Waals surface area contributed by atoms with Crippen LogP contribution in [-0.2, 0) is 11.2 Å². The van der Waals surface area contributed by atoms with Crippen molar-refractivity contribution < 1.29 is 4.79 Å². The van der Waals surface area contributed by atoms with Crippen molar-refractivity contribution in [2.45, 2.75) is 38.6 Å². The summed E-state index contributed by atoms with van der Waals surface area (Å²) in [6.45, 7) is 2.69. The molecular weight excluding hydrogens is 262 g/mol. The van der Waals surface area contributed by atoms with Crippen LogP contribution in [-0.4, -0.2) is 23.5 Å². The van der Waals surface area contributed by atoms with Gasteiger partial charge in [-0.25, -0.2) is 0 Å². The molecule has 1 amide bonds. The average Bonchev–Trinajstić information content (AvgIpc) is 2.52. The number of benzene rings is 1. The summed E-state index contributed by atoms with van der Waals surface area (Å²) in [5, 5.41) is 4.04. The third kappa shape index (κ3) is 4.26. The van der Waals surface area contributed by atoms with Crippen molar-refractivity contribution in [1.29, 1.82) is 0 Å². The Bertz CT molecular complexity index is 592. The van der Waals surface area contributed by atoms with E-state index in [9.17, 15) is 4.79 Å². The maximum absolute atomic E-state index is 11.9. The highest BCUT2D eigenvalue weighted by Gasteiger charge is 2.12. The van der Waals surface area contributed by atoms with Gasteiger partial charge in [0.15, 0.2) is 0 Å². The Morgan fingerprint density at radius 2 is 2.14 bits per heavy atom. The summed E-state index contributed by atoms with van der Waals surface area (Å²) in [6, 6.07) is 9.71. The van der Waals surface area contributed by atoms with Crippen molar-refractivity contribution in [3.05, 3.63) is 42.1 Å². The smallest absolute Gasteiger partial charge is 0.236 e. The first-order chi connectivity index (χ1) is 10.2. The Balaban J connectivity index is 1.89. The van der Waals surface area contributed by atoms with E-state index in [1.165, 1.54) is 0 Å². The summed E-state index contributed by atoms with van der Waals surface area (Å²) in [6.07, 6.45) is 5.36. The van der Waals surface area contributed by atoms with Crippen LogP contribution in [0.5, 0.6) is 0 Å². The number of pyridine rings is 1. The lowest BCUT2D eigenvalue weighted by Crippen LogP contribution is -2.41. The standard InChI is InChI=1S/C17H23N3O/c1-2-3-9-15(18)17(21)20-12-10-14-7-4-6-13-8-5-11-19-16(13)14/h4-8,11,15H,2-3,9-10,12,18H2,1H3,(H,20,21)/t15-/m0/s1. The van der Waals surface area contributed by atoms with Gasteiger partial charge in [-0.3, -0.25) is 9.78 Å². The van der Waals surface area contributed by atoms with E-state index in [1.54, 1.807) is 6.20 Å². The predicted octanol–water partition coefficient (Wildman–Crippen LogP) is 2.41. The van der Waals surface area contributed by atoms with Gasteiger partial charge in [-0.15, -0.1) is 0 Å². The fourth-order valence-corrected chi connectivity index (χ4v) is 2.38. The largest absolute Gasteiger partial charge is 0.354 e. The molecule has 1 aromatic heterocycles. The first-order valence-electron chi connectivity index (χ1n) is 7.58. The molecule has 1 aromatic carbocycles. The molecule has 0 radical (unpaired) electrons. The number of carbonyl (C=O) groups excluding carboxylic acids is 1. The van der Waals surface area contributed by atoms with Crippen LogP contribution in [0.15, 0.2) is 36.5 Å². The van der Waals surface area contributed by atoms with E-state index >= 15 is 0 Å². The van der Waals surface area contributed by atoms with Gasteiger partial charge in [-0.2, -0.15) is 0 Å². The van der Waals surface area contributed by atoms with Crippen molar-refractivity contribution in [2.75, 3.05) is 6.54 Å². The zero-order valence-electron chi connectivity index (χ0n) is 12.5. The van der Waals surface area contributed by atoms with Crippen LogP contribution in [0.25, 0.3) is 10.9 Å². The fourth-order valence-electron chi connectivity index (χ4n) is 2.38. The van der Waals surface area contributed by atoms with Gasteiger partial charge in [0.2, 0.25) is 5.91 Å². The van der Waals surface area contributed by atoms with Gasteiger partial charge in [-0.1, -0.05) is 44.0 Å². The second kappa shape index (κ2) is 7.74. The molecular formula is C17H23N3O. The van der Waals surface area contributed by atoms with Crippen LogP contribution in [0, 0.1) is 0 Å². The Hall–Kier alpha value is -1.94. The van der Waals surface area contributed by atoms with Crippen LogP contribution in [0.3, 0.4) is 0 Å². The van der Waals surface area contributed by atoms with Crippen LogP contribution in [0.4, 0.5) is 0 Å². The third-order valence-corrected chi connectivity index (χ3v) is 3.62. The minimum absolute atomic E-state index is 0.0587. The van der Waals surface area contributed by atoms with E-state index in [1.807, 2.05) is 24.3 Å². The van der Waals surface area contributed by atoms with Crippen LogP contribution >= 0.6 is 0 Å². The van der Waals surface area contributed by atoms with Gasteiger partial charge in [0.25, 0.3) is 0 Å². The van der Waals surface area contributed by atoms with Gasteiger partial charge in [-0.05, 0) is 24.5 Å². The number of unbranched alkanes of at least 4 members (excludes halogenated alkanes) is 1. The van der Waals surface area contributed by atoms with Crippen LogP contribution in [0.1, 0.15) is 31.7 Å². The number of nitrogens with two attached hydrogens (primary N) is 1. The molecule has 0 bridgehead atoms. The third-order valence-electron chi connectivity index (χ3n) is 3.62. The summed E-state index contributed by atoms with van der Waals surface area (Å²) < 4.78 is 0. The minimum Gasteiger partial charge on any atom is -0.354 e. The second-order valence-corrected chi connectivity index (χ2v) is 5.28. The van der Waals surface area contributed by atoms with Crippen molar-refractivity contribution in [2.24, 2.45) is 5.73 Å². The molecule has 4 nitrogen and oxygen atoms in total. The second-order valence-electron chi connectivity index (χ2n) is 5.28. The van der Waals surface area contributed by atoms with E-state index in [0.29, 0.717) is 6.54 Å². The normalized spacial score (nSPS) is 12.3. The number of nitrogens with zero attached hydrogens (tertiary/aromatic N) is 1. The zero-order chi connectivity index (χ0) is 15.1.